The van der Waals surface area contributed by atoms with Gasteiger partial charge in [-0.05, 0) is 0 Å². The molecule has 0 N–H and O–H groups in total. The van der Waals surface area contributed by atoms with E-state index in [0.717, 1.165) is 5.56 Å². The molecule has 4 heteroatoms. The second-order valence-electron chi connectivity index (χ2n) is 3.25. The van der Waals surface area contributed by atoms with Gasteiger partial charge in [0.05, 0.1) is 6.54 Å². The molecule has 0 aliphatic carbocycles. The molecule has 0 radical (unpaired) electrons. The number of hydrogen-bond acceptors (Lipinski definition) is 3. The van der Waals surface area contributed by atoms with Crippen molar-refractivity contribution >= 4 is 6.29 Å². The third-order valence-electron chi connectivity index (χ3n) is 2.22. The molecule has 1 heterocycles. The SMILES string of the molecule is O=CCn1c(-c2ccccc2)nccc1=O. The van der Waals surface area contributed by atoms with E-state index in [0.29, 0.717) is 12.1 Å². The summed E-state index contributed by atoms with van der Waals surface area (Å²) in [6.07, 6.45) is 2.14. The van der Waals surface area contributed by atoms with Crippen molar-refractivity contribution in [3.63, 3.8) is 0 Å². The largest absolute Gasteiger partial charge is 0.301 e. The van der Waals surface area contributed by atoms with E-state index in [1.807, 2.05) is 30.3 Å². The molecule has 0 aliphatic rings. The summed E-state index contributed by atoms with van der Waals surface area (Å²) in [6.45, 7) is 0.0247. The summed E-state index contributed by atoms with van der Waals surface area (Å²) in [5.41, 5.74) is 0.600. The summed E-state index contributed by atoms with van der Waals surface area (Å²) in [7, 11) is 0. The summed E-state index contributed by atoms with van der Waals surface area (Å²) in [5, 5.41) is 0. The fraction of sp³-hybridized carbons (Fsp3) is 0.0833. The van der Waals surface area contributed by atoms with E-state index in [9.17, 15) is 9.59 Å². The maximum absolute atomic E-state index is 11.6. The van der Waals surface area contributed by atoms with Gasteiger partial charge in [-0.1, -0.05) is 30.3 Å². The Balaban J connectivity index is 2.61. The van der Waals surface area contributed by atoms with Crippen LogP contribution >= 0.6 is 0 Å². The molecule has 0 atom stereocenters. The standard InChI is InChI=1S/C12H10N2O2/c15-9-8-14-11(16)6-7-13-12(14)10-4-2-1-3-5-10/h1-7,9H,8H2. The molecular formula is C12H10N2O2. The van der Waals surface area contributed by atoms with Crippen LogP contribution in [-0.2, 0) is 11.3 Å². The Kier molecular flexibility index (Phi) is 2.91. The van der Waals surface area contributed by atoms with Gasteiger partial charge in [0, 0.05) is 17.8 Å². The van der Waals surface area contributed by atoms with Gasteiger partial charge >= 0.3 is 0 Å². The summed E-state index contributed by atoms with van der Waals surface area (Å²) in [6, 6.07) is 10.6. The van der Waals surface area contributed by atoms with Crippen LogP contribution in [0.2, 0.25) is 0 Å². The van der Waals surface area contributed by atoms with Gasteiger partial charge in [0.1, 0.15) is 12.1 Å². The number of aromatic nitrogens is 2. The van der Waals surface area contributed by atoms with Crippen molar-refractivity contribution in [2.75, 3.05) is 0 Å². The molecule has 0 unspecified atom stereocenters. The molecule has 0 aliphatic heterocycles. The average molecular weight is 214 g/mol. The highest BCUT2D eigenvalue weighted by molar-refractivity contribution is 5.57. The van der Waals surface area contributed by atoms with Crippen molar-refractivity contribution in [2.24, 2.45) is 0 Å². The second-order valence-corrected chi connectivity index (χ2v) is 3.25. The lowest BCUT2D eigenvalue weighted by molar-refractivity contribution is -0.108. The zero-order chi connectivity index (χ0) is 11.4. The van der Waals surface area contributed by atoms with Gasteiger partial charge in [0.15, 0.2) is 0 Å². The Labute approximate surface area is 92.2 Å². The molecule has 0 fully saturated rings. The Hall–Kier alpha value is -2.23. The van der Waals surface area contributed by atoms with Crippen molar-refractivity contribution in [1.29, 1.82) is 0 Å². The first-order valence-electron chi connectivity index (χ1n) is 4.88. The van der Waals surface area contributed by atoms with Gasteiger partial charge in [-0.3, -0.25) is 9.36 Å². The molecule has 0 saturated carbocycles. The zero-order valence-corrected chi connectivity index (χ0v) is 8.54. The van der Waals surface area contributed by atoms with Crippen molar-refractivity contribution < 1.29 is 4.79 Å². The lowest BCUT2D eigenvalue weighted by Crippen LogP contribution is -2.22. The van der Waals surface area contributed by atoms with Gasteiger partial charge < -0.3 is 4.79 Å². The normalized spacial score (nSPS) is 10.0. The van der Waals surface area contributed by atoms with Crippen LogP contribution in [0.15, 0.2) is 47.4 Å². The molecule has 2 rings (SSSR count). The number of carbonyl (C=O) groups excluding carboxylic acids is 1. The summed E-state index contributed by atoms with van der Waals surface area (Å²) >= 11 is 0. The van der Waals surface area contributed by atoms with Crippen LogP contribution in [0.4, 0.5) is 0 Å². The highest BCUT2D eigenvalue weighted by Crippen LogP contribution is 2.13. The minimum atomic E-state index is -0.221. The smallest absolute Gasteiger partial charge is 0.254 e. The first-order valence-corrected chi connectivity index (χ1v) is 4.88. The fourth-order valence-corrected chi connectivity index (χ4v) is 1.50. The number of carbonyl (C=O) groups is 1. The predicted octanol–water partition coefficient (Wildman–Crippen LogP) is 1.11. The van der Waals surface area contributed by atoms with Gasteiger partial charge in [-0.25, -0.2) is 4.98 Å². The van der Waals surface area contributed by atoms with E-state index in [4.69, 9.17) is 0 Å². The van der Waals surface area contributed by atoms with Crippen molar-refractivity contribution in [3.05, 3.63) is 52.9 Å². The van der Waals surface area contributed by atoms with E-state index in [-0.39, 0.29) is 12.1 Å². The van der Waals surface area contributed by atoms with Crippen LogP contribution in [0.5, 0.6) is 0 Å². The lowest BCUT2D eigenvalue weighted by Gasteiger charge is -2.07. The summed E-state index contributed by atoms with van der Waals surface area (Å²) in [4.78, 5) is 26.2. The average Bonchev–Trinajstić information content (AvgIpc) is 2.33. The molecule has 0 spiro atoms. The minimum Gasteiger partial charge on any atom is -0.301 e. The number of aldehydes is 1. The summed E-state index contributed by atoms with van der Waals surface area (Å²) < 4.78 is 1.35. The molecule has 4 nitrogen and oxygen atoms in total. The molecule has 80 valence electrons. The van der Waals surface area contributed by atoms with Crippen LogP contribution in [0.1, 0.15) is 0 Å². The first kappa shape index (κ1) is 10.3. The van der Waals surface area contributed by atoms with Crippen LogP contribution in [0, 0.1) is 0 Å². The van der Waals surface area contributed by atoms with Crippen molar-refractivity contribution in [3.8, 4) is 11.4 Å². The molecule has 1 aromatic carbocycles. The zero-order valence-electron chi connectivity index (χ0n) is 8.54. The van der Waals surface area contributed by atoms with E-state index >= 15 is 0 Å². The van der Waals surface area contributed by atoms with E-state index in [1.165, 1.54) is 16.8 Å². The minimum absolute atomic E-state index is 0.0247. The number of nitrogens with zero attached hydrogens (tertiary/aromatic N) is 2. The van der Waals surface area contributed by atoms with Crippen LogP contribution in [0.3, 0.4) is 0 Å². The highest BCUT2D eigenvalue weighted by atomic mass is 16.1. The van der Waals surface area contributed by atoms with E-state index in [1.54, 1.807) is 0 Å². The Bertz CT molecular complexity index is 546. The molecule has 0 bridgehead atoms. The van der Waals surface area contributed by atoms with Crippen LogP contribution in [-0.4, -0.2) is 15.8 Å². The van der Waals surface area contributed by atoms with Crippen molar-refractivity contribution in [2.45, 2.75) is 6.54 Å². The third-order valence-corrected chi connectivity index (χ3v) is 2.22. The topological polar surface area (TPSA) is 52.0 Å². The van der Waals surface area contributed by atoms with E-state index in [2.05, 4.69) is 4.98 Å². The molecule has 2 aromatic rings. The number of benzene rings is 1. The maximum atomic E-state index is 11.6. The third kappa shape index (κ3) is 1.91. The lowest BCUT2D eigenvalue weighted by atomic mass is 10.2. The molecule has 0 amide bonds. The Morgan fingerprint density at radius 1 is 1.19 bits per heavy atom. The summed E-state index contributed by atoms with van der Waals surface area (Å²) in [5.74, 6) is 0.514. The molecule has 1 aromatic heterocycles. The Morgan fingerprint density at radius 3 is 2.62 bits per heavy atom. The van der Waals surface area contributed by atoms with Gasteiger partial charge in [0.25, 0.3) is 5.56 Å². The predicted molar refractivity (Wildman–Crippen MR) is 60.0 cm³/mol. The van der Waals surface area contributed by atoms with Gasteiger partial charge in [-0.15, -0.1) is 0 Å². The first-order chi connectivity index (χ1) is 7.83. The van der Waals surface area contributed by atoms with Crippen molar-refractivity contribution in [1.82, 2.24) is 9.55 Å². The molecular weight excluding hydrogens is 204 g/mol. The van der Waals surface area contributed by atoms with Crippen LogP contribution < -0.4 is 5.56 Å². The monoisotopic (exact) mass is 214 g/mol. The Morgan fingerprint density at radius 2 is 1.94 bits per heavy atom. The quantitative estimate of drug-likeness (QED) is 0.719. The fourth-order valence-electron chi connectivity index (χ4n) is 1.50. The molecule has 0 saturated heterocycles. The number of rotatable bonds is 3. The van der Waals surface area contributed by atoms with Gasteiger partial charge in [-0.2, -0.15) is 0 Å². The van der Waals surface area contributed by atoms with Crippen LogP contribution in [0.25, 0.3) is 11.4 Å². The molecule has 16 heavy (non-hydrogen) atoms. The maximum Gasteiger partial charge on any atom is 0.254 e. The second kappa shape index (κ2) is 4.53. The van der Waals surface area contributed by atoms with E-state index < -0.39 is 0 Å². The number of hydrogen-bond donors (Lipinski definition) is 0. The van der Waals surface area contributed by atoms with Gasteiger partial charge in [0.2, 0.25) is 0 Å². The highest BCUT2D eigenvalue weighted by Gasteiger charge is 2.05.